The molecule has 0 radical (unpaired) electrons. The first-order valence-electron chi connectivity index (χ1n) is 10.7. The van der Waals surface area contributed by atoms with Crippen molar-refractivity contribution in [1.82, 2.24) is 9.88 Å². The zero-order valence-electron chi connectivity index (χ0n) is 17.6. The maximum absolute atomic E-state index is 12.0. The van der Waals surface area contributed by atoms with Gasteiger partial charge in [0.15, 0.2) is 0 Å². The van der Waals surface area contributed by atoms with E-state index in [9.17, 15) is 9.59 Å². The van der Waals surface area contributed by atoms with E-state index in [4.69, 9.17) is 4.74 Å². The van der Waals surface area contributed by atoms with Gasteiger partial charge in [-0.05, 0) is 53.6 Å². The predicted molar refractivity (Wildman–Crippen MR) is 120 cm³/mol. The number of hydrogen-bond acceptors (Lipinski definition) is 3. The Labute approximate surface area is 176 Å². The molecule has 1 aromatic heterocycles. The van der Waals surface area contributed by atoms with Crippen LogP contribution in [-0.2, 0) is 4.79 Å². The van der Waals surface area contributed by atoms with Crippen molar-refractivity contribution in [3.05, 3.63) is 64.4 Å². The first-order valence-corrected chi connectivity index (χ1v) is 10.7. The first kappa shape index (κ1) is 20.2. The van der Waals surface area contributed by atoms with Crippen molar-refractivity contribution in [2.75, 3.05) is 13.1 Å². The van der Waals surface area contributed by atoms with Gasteiger partial charge in [0.25, 0.3) is 0 Å². The summed E-state index contributed by atoms with van der Waals surface area (Å²) in [6.07, 6.45) is 3.42. The number of H-pyrrole nitrogens is 1. The van der Waals surface area contributed by atoms with Crippen LogP contribution in [0, 0.1) is 6.92 Å². The number of rotatable bonds is 5. The van der Waals surface area contributed by atoms with E-state index in [1.54, 1.807) is 6.07 Å². The number of fused-ring (bicyclic) bond motifs is 1. The van der Waals surface area contributed by atoms with Gasteiger partial charge in [0.2, 0.25) is 11.5 Å². The number of ether oxygens (including phenoxy) is 1. The number of carbonyl (C=O) groups excluding carboxylic acids is 1. The monoisotopic (exact) mass is 404 g/mol. The second-order valence-electron chi connectivity index (χ2n) is 8.00. The van der Waals surface area contributed by atoms with Crippen molar-refractivity contribution in [2.45, 2.75) is 45.6 Å². The number of piperidine rings is 1. The SMILES string of the molecule is CCCC(=O)N1CCC(Oc2ccc(-c3ccc4ccc(=O)[nH]c4c3C)cc2)CC1. The van der Waals surface area contributed by atoms with Crippen molar-refractivity contribution in [2.24, 2.45) is 0 Å². The van der Waals surface area contributed by atoms with E-state index in [-0.39, 0.29) is 17.6 Å². The first-order chi connectivity index (χ1) is 14.5. The molecular weight excluding hydrogens is 376 g/mol. The zero-order chi connectivity index (χ0) is 21.1. The number of nitrogens with one attached hydrogen (secondary N) is 1. The quantitative estimate of drug-likeness (QED) is 0.672. The van der Waals surface area contributed by atoms with Crippen LogP contribution in [0.1, 0.15) is 38.2 Å². The number of hydrogen-bond donors (Lipinski definition) is 1. The van der Waals surface area contributed by atoms with Crippen molar-refractivity contribution < 1.29 is 9.53 Å². The van der Waals surface area contributed by atoms with Gasteiger partial charge in [-0.3, -0.25) is 9.59 Å². The van der Waals surface area contributed by atoms with Gasteiger partial charge in [0.1, 0.15) is 11.9 Å². The molecule has 1 amide bonds. The van der Waals surface area contributed by atoms with Crippen LogP contribution < -0.4 is 10.3 Å². The maximum Gasteiger partial charge on any atom is 0.248 e. The summed E-state index contributed by atoms with van der Waals surface area (Å²) in [5, 5.41) is 1.03. The molecule has 1 N–H and O–H groups in total. The topological polar surface area (TPSA) is 62.4 Å². The lowest BCUT2D eigenvalue weighted by molar-refractivity contribution is -0.133. The van der Waals surface area contributed by atoms with Gasteiger partial charge in [0, 0.05) is 38.4 Å². The molecule has 5 nitrogen and oxygen atoms in total. The van der Waals surface area contributed by atoms with E-state index in [0.717, 1.165) is 65.7 Å². The van der Waals surface area contributed by atoms with Crippen LogP contribution in [-0.4, -0.2) is 35.0 Å². The van der Waals surface area contributed by atoms with Crippen LogP contribution in [0.15, 0.2) is 53.3 Å². The summed E-state index contributed by atoms with van der Waals surface area (Å²) >= 11 is 0. The summed E-state index contributed by atoms with van der Waals surface area (Å²) in [6, 6.07) is 15.7. The third kappa shape index (κ3) is 4.25. The lowest BCUT2D eigenvalue weighted by Crippen LogP contribution is -2.41. The minimum Gasteiger partial charge on any atom is -0.490 e. The Morgan fingerprint density at radius 2 is 1.77 bits per heavy atom. The number of carbonyl (C=O) groups is 1. The predicted octanol–water partition coefficient (Wildman–Crippen LogP) is 4.67. The normalized spacial score (nSPS) is 14.8. The number of aryl methyl sites for hydroxylation is 1. The molecule has 2 heterocycles. The second-order valence-corrected chi connectivity index (χ2v) is 8.00. The lowest BCUT2D eigenvalue weighted by Gasteiger charge is -2.32. The zero-order valence-corrected chi connectivity index (χ0v) is 17.6. The fourth-order valence-electron chi connectivity index (χ4n) is 4.18. The molecule has 2 aromatic carbocycles. The molecule has 0 saturated carbocycles. The fourth-order valence-corrected chi connectivity index (χ4v) is 4.18. The lowest BCUT2D eigenvalue weighted by atomic mass is 9.98. The number of benzene rings is 2. The molecule has 0 atom stereocenters. The molecule has 1 aliphatic heterocycles. The molecule has 1 fully saturated rings. The number of aromatic nitrogens is 1. The summed E-state index contributed by atoms with van der Waals surface area (Å²) in [4.78, 5) is 28.6. The maximum atomic E-state index is 12.0. The largest absolute Gasteiger partial charge is 0.490 e. The van der Waals surface area contributed by atoms with Crippen LogP contribution in [0.25, 0.3) is 22.0 Å². The summed E-state index contributed by atoms with van der Waals surface area (Å²) in [7, 11) is 0. The molecule has 0 spiro atoms. The molecule has 0 aliphatic carbocycles. The Balaban J connectivity index is 1.44. The van der Waals surface area contributed by atoms with Crippen LogP contribution in [0.4, 0.5) is 0 Å². The Kier molecular flexibility index (Phi) is 5.88. The number of pyridine rings is 1. The van der Waals surface area contributed by atoms with Crippen LogP contribution in [0.5, 0.6) is 5.75 Å². The molecule has 0 bridgehead atoms. The Morgan fingerprint density at radius 1 is 1.07 bits per heavy atom. The van der Waals surface area contributed by atoms with E-state index in [1.807, 2.05) is 43.0 Å². The van der Waals surface area contributed by atoms with Crippen molar-refractivity contribution in [3.8, 4) is 16.9 Å². The van der Waals surface area contributed by atoms with Gasteiger partial charge in [0.05, 0.1) is 5.52 Å². The number of amides is 1. The summed E-state index contributed by atoms with van der Waals surface area (Å²) < 4.78 is 6.16. The van der Waals surface area contributed by atoms with E-state index in [1.165, 1.54) is 0 Å². The van der Waals surface area contributed by atoms with Crippen molar-refractivity contribution in [1.29, 1.82) is 0 Å². The molecule has 156 valence electrons. The van der Waals surface area contributed by atoms with E-state index < -0.39 is 0 Å². The van der Waals surface area contributed by atoms with Gasteiger partial charge in [-0.25, -0.2) is 0 Å². The smallest absolute Gasteiger partial charge is 0.248 e. The highest BCUT2D eigenvalue weighted by atomic mass is 16.5. The molecular formula is C25H28N2O3. The van der Waals surface area contributed by atoms with Gasteiger partial charge in [-0.2, -0.15) is 0 Å². The third-order valence-electron chi connectivity index (χ3n) is 5.89. The Morgan fingerprint density at radius 3 is 2.47 bits per heavy atom. The van der Waals surface area contributed by atoms with Gasteiger partial charge < -0.3 is 14.6 Å². The van der Waals surface area contributed by atoms with Crippen LogP contribution in [0.2, 0.25) is 0 Å². The Bertz CT molecular complexity index is 1090. The molecule has 5 heteroatoms. The summed E-state index contributed by atoms with van der Waals surface area (Å²) in [6.45, 7) is 5.62. The number of aromatic amines is 1. The average molecular weight is 405 g/mol. The highest BCUT2D eigenvalue weighted by Gasteiger charge is 2.23. The molecule has 0 unspecified atom stereocenters. The van der Waals surface area contributed by atoms with Gasteiger partial charge >= 0.3 is 0 Å². The van der Waals surface area contributed by atoms with Crippen molar-refractivity contribution >= 4 is 16.8 Å². The standard InChI is InChI=1S/C25H28N2O3/c1-3-4-24(29)27-15-13-21(14-16-27)30-20-9-5-18(6-10-20)22-11-7-19-8-12-23(28)26-25(19)17(22)2/h5-12,21H,3-4,13-16H2,1-2H3,(H,26,28). The number of likely N-dealkylation sites (tertiary alicyclic amines) is 1. The fraction of sp³-hybridized carbons (Fsp3) is 0.360. The molecule has 30 heavy (non-hydrogen) atoms. The van der Waals surface area contributed by atoms with Crippen molar-refractivity contribution in [3.63, 3.8) is 0 Å². The van der Waals surface area contributed by atoms with E-state index >= 15 is 0 Å². The van der Waals surface area contributed by atoms with Gasteiger partial charge in [-0.1, -0.05) is 31.2 Å². The highest BCUT2D eigenvalue weighted by Crippen LogP contribution is 2.30. The molecule has 4 rings (SSSR count). The molecule has 1 aliphatic rings. The molecule has 3 aromatic rings. The minimum absolute atomic E-state index is 0.0889. The summed E-state index contributed by atoms with van der Waals surface area (Å²) in [5.74, 6) is 1.11. The van der Waals surface area contributed by atoms with E-state index in [2.05, 4.69) is 23.2 Å². The van der Waals surface area contributed by atoms with E-state index in [0.29, 0.717) is 6.42 Å². The Hall–Kier alpha value is -3.08. The number of nitrogens with zero attached hydrogens (tertiary/aromatic N) is 1. The van der Waals surface area contributed by atoms with Crippen LogP contribution in [0.3, 0.4) is 0 Å². The minimum atomic E-state index is -0.0889. The third-order valence-corrected chi connectivity index (χ3v) is 5.89. The molecule has 1 saturated heterocycles. The average Bonchev–Trinajstić information content (AvgIpc) is 2.76. The van der Waals surface area contributed by atoms with Gasteiger partial charge in [-0.15, -0.1) is 0 Å². The van der Waals surface area contributed by atoms with Crippen LogP contribution >= 0.6 is 0 Å². The highest BCUT2D eigenvalue weighted by molar-refractivity contribution is 5.88. The second kappa shape index (κ2) is 8.74. The summed E-state index contributed by atoms with van der Waals surface area (Å²) in [5.41, 5.74) is 4.03.